The van der Waals surface area contributed by atoms with Crippen molar-refractivity contribution in [1.82, 2.24) is 0 Å². The fourth-order valence-electron chi connectivity index (χ4n) is 2.88. The average Bonchev–Trinajstić information content (AvgIpc) is 2.44. The van der Waals surface area contributed by atoms with Gasteiger partial charge in [0.2, 0.25) is 0 Å². The Bertz CT molecular complexity index is 928. The molecule has 3 nitrogen and oxygen atoms in total. The Morgan fingerprint density at radius 3 is 2.00 bits per heavy atom. The van der Waals surface area contributed by atoms with Gasteiger partial charge in [-0.2, -0.15) is 0 Å². The predicted molar refractivity (Wildman–Crippen MR) is 76.8 cm³/mol. The fourth-order valence-corrected chi connectivity index (χ4v) is 2.88. The molecule has 4 rings (SSSR count). The zero-order chi connectivity index (χ0) is 13.0. The maximum Gasteiger partial charge on any atom is 0.277 e. The molecule has 90 valence electrons. The molecule has 0 amide bonds. The van der Waals surface area contributed by atoms with Gasteiger partial charge in [0.15, 0.2) is 0 Å². The molecule has 0 saturated heterocycles. The number of rotatable bonds is 1. The summed E-state index contributed by atoms with van der Waals surface area (Å²) in [6.07, 6.45) is 0. The molecule has 0 saturated carbocycles. The minimum atomic E-state index is -0.314. The maximum atomic E-state index is 11.2. The van der Waals surface area contributed by atoms with Crippen molar-refractivity contribution in [2.75, 3.05) is 0 Å². The molecule has 0 radical (unpaired) electrons. The molecule has 0 fully saturated rings. The molecular formula is C16H9NO2. The Morgan fingerprint density at radius 1 is 0.737 bits per heavy atom. The van der Waals surface area contributed by atoms with Crippen molar-refractivity contribution in [2.45, 2.75) is 0 Å². The molecule has 0 aliphatic carbocycles. The quantitative estimate of drug-likeness (QED) is 0.282. The van der Waals surface area contributed by atoms with E-state index in [9.17, 15) is 10.1 Å². The largest absolute Gasteiger partial charge is 0.277 e. The van der Waals surface area contributed by atoms with Crippen LogP contribution in [0.3, 0.4) is 0 Å². The second-order valence-electron chi connectivity index (χ2n) is 4.70. The summed E-state index contributed by atoms with van der Waals surface area (Å²) < 4.78 is 0. The Hall–Kier alpha value is -2.68. The minimum absolute atomic E-state index is 0.172. The lowest BCUT2D eigenvalue weighted by molar-refractivity contribution is -0.383. The van der Waals surface area contributed by atoms with Crippen molar-refractivity contribution in [2.24, 2.45) is 0 Å². The third-order valence-corrected chi connectivity index (χ3v) is 3.70. The Labute approximate surface area is 108 Å². The molecule has 3 heteroatoms. The highest BCUT2D eigenvalue weighted by molar-refractivity contribution is 6.24. The predicted octanol–water partition coefficient (Wildman–Crippen LogP) is 4.49. The van der Waals surface area contributed by atoms with Crippen LogP contribution in [0.25, 0.3) is 32.3 Å². The third-order valence-electron chi connectivity index (χ3n) is 3.70. The normalized spacial score (nSPS) is 11.6. The number of hydrogen-bond donors (Lipinski definition) is 0. The van der Waals surface area contributed by atoms with Crippen molar-refractivity contribution < 1.29 is 4.92 Å². The van der Waals surface area contributed by atoms with Crippen LogP contribution in [0, 0.1) is 10.1 Å². The van der Waals surface area contributed by atoms with E-state index in [4.69, 9.17) is 0 Å². The molecule has 0 aromatic heterocycles. The maximum absolute atomic E-state index is 11.2. The zero-order valence-corrected chi connectivity index (χ0v) is 9.96. The van der Waals surface area contributed by atoms with Crippen LogP contribution in [0.2, 0.25) is 0 Å². The molecule has 0 bridgehead atoms. The van der Waals surface area contributed by atoms with Gasteiger partial charge >= 0.3 is 0 Å². The highest BCUT2D eigenvalue weighted by Gasteiger charge is 2.16. The molecule has 19 heavy (non-hydrogen) atoms. The van der Waals surface area contributed by atoms with Crippen LogP contribution in [0.15, 0.2) is 54.6 Å². The van der Waals surface area contributed by atoms with Gasteiger partial charge in [-0.05, 0) is 33.7 Å². The Kier molecular flexibility index (Phi) is 1.85. The first kappa shape index (κ1) is 10.3. The van der Waals surface area contributed by atoms with Gasteiger partial charge in [0, 0.05) is 11.5 Å². The molecule has 0 unspecified atom stereocenters. The molecule has 0 heterocycles. The van der Waals surface area contributed by atoms with E-state index in [-0.39, 0.29) is 10.6 Å². The summed E-state index contributed by atoms with van der Waals surface area (Å²) in [5.41, 5.74) is 0.172. The second kappa shape index (κ2) is 3.42. The summed E-state index contributed by atoms with van der Waals surface area (Å²) in [7, 11) is 0. The van der Waals surface area contributed by atoms with E-state index in [0.717, 1.165) is 26.9 Å². The van der Waals surface area contributed by atoms with Crippen molar-refractivity contribution >= 4 is 38.0 Å². The zero-order valence-electron chi connectivity index (χ0n) is 9.96. The number of nitrogens with zero attached hydrogens (tertiary/aromatic N) is 1. The van der Waals surface area contributed by atoms with Gasteiger partial charge in [-0.1, -0.05) is 36.4 Å². The standard InChI is InChI=1S/C16H9NO2/c18-17(19)14-9-7-12-5-4-10-2-1-3-11-6-8-13(14)16(12)15(10)11/h1-9H. The van der Waals surface area contributed by atoms with Crippen LogP contribution >= 0.6 is 0 Å². The Morgan fingerprint density at radius 2 is 1.32 bits per heavy atom. The fraction of sp³-hybridized carbons (Fsp3) is 0. The summed E-state index contributed by atoms with van der Waals surface area (Å²) in [4.78, 5) is 10.8. The van der Waals surface area contributed by atoms with Crippen LogP contribution < -0.4 is 0 Å². The van der Waals surface area contributed by atoms with Gasteiger partial charge in [0.25, 0.3) is 5.69 Å². The molecular weight excluding hydrogens is 238 g/mol. The smallest absolute Gasteiger partial charge is 0.258 e. The average molecular weight is 247 g/mol. The van der Waals surface area contributed by atoms with Gasteiger partial charge in [-0.3, -0.25) is 10.1 Å². The van der Waals surface area contributed by atoms with E-state index in [1.807, 2.05) is 42.5 Å². The lowest BCUT2D eigenvalue weighted by Crippen LogP contribution is -1.91. The minimum Gasteiger partial charge on any atom is -0.258 e. The van der Waals surface area contributed by atoms with Gasteiger partial charge < -0.3 is 0 Å². The molecule has 0 atom stereocenters. The highest BCUT2D eigenvalue weighted by Crippen LogP contribution is 2.38. The third kappa shape index (κ3) is 1.27. The van der Waals surface area contributed by atoms with Crippen LogP contribution in [0.1, 0.15) is 0 Å². The van der Waals surface area contributed by atoms with E-state index >= 15 is 0 Å². The first-order valence-electron chi connectivity index (χ1n) is 6.06. The topological polar surface area (TPSA) is 43.1 Å². The van der Waals surface area contributed by atoms with Gasteiger partial charge in [-0.25, -0.2) is 0 Å². The van der Waals surface area contributed by atoms with E-state index in [0.29, 0.717) is 5.39 Å². The monoisotopic (exact) mass is 247 g/mol. The lowest BCUT2D eigenvalue weighted by Gasteiger charge is -2.10. The summed E-state index contributed by atoms with van der Waals surface area (Å²) in [5.74, 6) is 0. The summed E-state index contributed by atoms with van der Waals surface area (Å²) in [5, 5.41) is 17.3. The first-order chi connectivity index (χ1) is 9.25. The van der Waals surface area contributed by atoms with Crippen LogP contribution in [-0.2, 0) is 0 Å². The highest BCUT2D eigenvalue weighted by atomic mass is 16.6. The number of nitro benzene ring substituents is 1. The van der Waals surface area contributed by atoms with E-state index < -0.39 is 0 Å². The van der Waals surface area contributed by atoms with E-state index in [2.05, 4.69) is 6.07 Å². The number of hydrogen-bond acceptors (Lipinski definition) is 2. The van der Waals surface area contributed by atoms with Crippen molar-refractivity contribution in [3.8, 4) is 0 Å². The molecule has 0 aliphatic heterocycles. The van der Waals surface area contributed by atoms with Crippen molar-refractivity contribution in [3.05, 3.63) is 64.7 Å². The second-order valence-corrected chi connectivity index (χ2v) is 4.70. The summed E-state index contributed by atoms with van der Waals surface area (Å²) >= 11 is 0. The van der Waals surface area contributed by atoms with Gasteiger partial charge in [-0.15, -0.1) is 0 Å². The first-order valence-corrected chi connectivity index (χ1v) is 6.06. The van der Waals surface area contributed by atoms with E-state index in [1.165, 1.54) is 0 Å². The van der Waals surface area contributed by atoms with Crippen LogP contribution in [-0.4, -0.2) is 4.92 Å². The molecule has 0 aliphatic rings. The van der Waals surface area contributed by atoms with E-state index in [1.54, 1.807) is 6.07 Å². The summed E-state index contributed by atoms with van der Waals surface area (Å²) in [6, 6.07) is 17.4. The number of non-ortho nitro benzene ring substituents is 1. The molecule has 0 spiro atoms. The van der Waals surface area contributed by atoms with Crippen LogP contribution in [0.4, 0.5) is 5.69 Å². The number of nitro groups is 1. The molecule has 4 aromatic carbocycles. The number of benzene rings is 4. The molecule has 4 aromatic rings. The SMILES string of the molecule is O=[N+]([O-])c1ccc2ccc3cccc4ccc1c2c34. The lowest BCUT2D eigenvalue weighted by atomic mass is 9.94. The van der Waals surface area contributed by atoms with Crippen LogP contribution in [0.5, 0.6) is 0 Å². The molecule has 0 N–H and O–H groups in total. The van der Waals surface area contributed by atoms with Gasteiger partial charge in [0.05, 0.1) is 10.3 Å². The summed E-state index contributed by atoms with van der Waals surface area (Å²) in [6.45, 7) is 0. The van der Waals surface area contributed by atoms with Crippen molar-refractivity contribution in [3.63, 3.8) is 0 Å². The van der Waals surface area contributed by atoms with Gasteiger partial charge in [0.1, 0.15) is 0 Å². The Balaban J connectivity index is 2.38. The van der Waals surface area contributed by atoms with Crippen molar-refractivity contribution in [1.29, 1.82) is 0 Å².